The molecule has 0 saturated carbocycles. The topological polar surface area (TPSA) is 86.3 Å². The zero-order valence-corrected chi connectivity index (χ0v) is 15.6. The quantitative estimate of drug-likeness (QED) is 0.564. The molecule has 3 rings (SSSR count). The number of hydrogen-bond acceptors (Lipinski definition) is 6. The van der Waals surface area contributed by atoms with Gasteiger partial charge in [0.1, 0.15) is 5.75 Å². The molecule has 0 aliphatic carbocycles. The van der Waals surface area contributed by atoms with Crippen molar-refractivity contribution in [1.82, 2.24) is 15.0 Å². The van der Waals surface area contributed by atoms with Crippen molar-refractivity contribution in [2.24, 2.45) is 0 Å². The molecule has 1 N–H and O–H groups in total. The van der Waals surface area contributed by atoms with Crippen molar-refractivity contribution in [3.8, 4) is 17.2 Å². The summed E-state index contributed by atoms with van der Waals surface area (Å²) < 4.78 is 100.0. The average molecular weight is 455 g/mol. The molecule has 0 aliphatic heterocycles. The van der Waals surface area contributed by atoms with Crippen LogP contribution in [0.5, 0.6) is 17.2 Å². The summed E-state index contributed by atoms with van der Waals surface area (Å²) in [4.78, 5) is 10.4. The minimum absolute atomic E-state index is 0.130. The number of nitrogens with one attached hydrogen (secondary N) is 1. The monoisotopic (exact) mass is 455 g/mol. The van der Waals surface area contributed by atoms with Gasteiger partial charge in [0, 0.05) is 24.4 Å². The van der Waals surface area contributed by atoms with Crippen molar-refractivity contribution >= 4 is 21.8 Å². The third kappa shape index (κ3) is 5.52. The van der Waals surface area contributed by atoms with E-state index in [1.807, 2.05) is 0 Å². The third-order valence-electron chi connectivity index (χ3n) is 3.50. The van der Waals surface area contributed by atoms with E-state index in [2.05, 4.69) is 24.4 Å². The van der Waals surface area contributed by atoms with Crippen molar-refractivity contribution < 1.29 is 44.8 Å². The lowest BCUT2D eigenvalue weighted by atomic mass is 10.3. The second-order valence-electron chi connectivity index (χ2n) is 5.63. The molecular formula is C16H11F6N3O4S. The smallest absolute Gasteiger partial charge is 0.497 e. The van der Waals surface area contributed by atoms with E-state index in [1.165, 1.54) is 19.4 Å². The normalized spacial score (nSPS) is 13.3. The molecule has 2 heterocycles. The first-order valence-corrected chi connectivity index (χ1v) is 9.18. The largest absolute Gasteiger partial charge is 0.573 e. The van der Waals surface area contributed by atoms with Gasteiger partial charge in [0.15, 0.2) is 16.7 Å². The van der Waals surface area contributed by atoms with Crippen LogP contribution in [0, 0.1) is 0 Å². The number of halogens is 6. The van der Waals surface area contributed by atoms with Crippen LogP contribution < -0.4 is 14.2 Å². The first kappa shape index (κ1) is 21.7. The number of aromatic amines is 1. The van der Waals surface area contributed by atoms with Gasteiger partial charge < -0.3 is 19.2 Å². The van der Waals surface area contributed by atoms with Gasteiger partial charge in [-0.2, -0.15) is 0 Å². The lowest BCUT2D eigenvalue weighted by molar-refractivity contribution is -0.287. The summed E-state index contributed by atoms with van der Waals surface area (Å²) in [5.74, 6) is -2.15. The molecule has 0 amide bonds. The Morgan fingerprint density at radius 1 is 1.03 bits per heavy atom. The molecule has 7 nitrogen and oxygen atoms in total. The zero-order chi connectivity index (χ0) is 22.1. The highest BCUT2D eigenvalue weighted by molar-refractivity contribution is 7.84. The Kier molecular flexibility index (Phi) is 5.78. The second-order valence-corrected chi connectivity index (χ2v) is 7.00. The third-order valence-corrected chi connectivity index (χ3v) is 4.68. The SMILES string of the molecule is COc1ccnc(CS(=O)c2nc3cc(OC(F)(F)F)c(OC(F)(F)F)cc3[nH]2)c1. The van der Waals surface area contributed by atoms with Crippen LogP contribution in [0.25, 0.3) is 11.0 Å². The molecule has 14 heteroatoms. The van der Waals surface area contributed by atoms with Gasteiger partial charge in [0.2, 0.25) is 0 Å². The van der Waals surface area contributed by atoms with Crippen molar-refractivity contribution in [1.29, 1.82) is 0 Å². The maximum Gasteiger partial charge on any atom is 0.573 e. The molecule has 162 valence electrons. The van der Waals surface area contributed by atoms with Gasteiger partial charge in [-0.3, -0.25) is 9.19 Å². The molecule has 0 radical (unpaired) electrons. The molecule has 0 fully saturated rings. The van der Waals surface area contributed by atoms with E-state index in [-0.39, 0.29) is 21.9 Å². The molecular weight excluding hydrogens is 444 g/mol. The number of methoxy groups -OCH3 is 1. The van der Waals surface area contributed by atoms with Gasteiger partial charge in [0.05, 0.1) is 40.4 Å². The number of fused-ring (bicyclic) bond motifs is 1. The number of aromatic nitrogens is 3. The molecule has 30 heavy (non-hydrogen) atoms. The summed E-state index contributed by atoms with van der Waals surface area (Å²) in [5.41, 5.74) is 0.0341. The Balaban J connectivity index is 1.94. The summed E-state index contributed by atoms with van der Waals surface area (Å²) >= 11 is 0. The van der Waals surface area contributed by atoms with Crippen molar-refractivity contribution in [2.45, 2.75) is 23.6 Å². The van der Waals surface area contributed by atoms with E-state index in [9.17, 15) is 30.6 Å². The van der Waals surface area contributed by atoms with E-state index in [0.717, 1.165) is 0 Å². The van der Waals surface area contributed by atoms with E-state index in [4.69, 9.17) is 4.74 Å². The molecule has 3 aromatic rings. The maximum atomic E-state index is 12.5. The number of benzene rings is 1. The van der Waals surface area contributed by atoms with Crippen molar-refractivity contribution in [3.63, 3.8) is 0 Å². The molecule has 0 saturated heterocycles. The van der Waals surface area contributed by atoms with Crippen molar-refractivity contribution in [2.75, 3.05) is 7.11 Å². The van der Waals surface area contributed by atoms with E-state index < -0.39 is 35.0 Å². The molecule has 2 aromatic heterocycles. The fourth-order valence-corrected chi connectivity index (χ4v) is 3.36. The van der Waals surface area contributed by atoms with E-state index in [1.54, 1.807) is 6.07 Å². The molecule has 0 bridgehead atoms. The Morgan fingerprint density at radius 2 is 1.67 bits per heavy atom. The number of hydrogen-bond donors (Lipinski definition) is 1. The van der Waals surface area contributed by atoms with Gasteiger partial charge >= 0.3 is 12.7 Å². The minimum atomic E-state index is -5.27. The van der Waals surface area contributed by atoms with Crippen LogP contribution in [0.2, 0.25) is 0 Å². The Morgan fingerprint density at radius 3 is 2.27 bits per heavy atom. The average Bonchev–Trinajstić information content (AvgIpc) is 3.02. The summed E-state index contributed by atoms with van der Waals surface area (Å²) in [6, 6.07) is 4.31. The van der Waals surface area contributed by atoms with Crippen LogP contribution in [0.15, 0.2) is 35.6 Å². The number of imidazole rings is 1. The number of alkyl halides is 6. The predicted octanol–water partition coefficient (Wildman–Crippen LogP) is 4.07. The fourth-order valence-electron chi connectivity index (χ4n) is 2.38. The lowest BCUT2D eigenvalue weighted by Gasteiger charge is -2.15. The fraction of sp³-hybridized carbons (Fsp3) is 0.250. The van der Waals surface area contributed by atoms with Gasteiger partial charge in [-0.15, -0.1) is 26.3 Å². The van der Waals surface area contributed by atoms with Gasteiger partial charge in [0.25, 0.3) is 0 Å². The lowest BCUT2D eigenvalue weighted by Crippen LogP contribution is -2.21. The highest BCUT2D eigenvalue weighted by Gasteiger charge is 2.37. The first-order chi connectivity index (χ1) is 13.9. The van der Waals surface area contributed by atoms with Crippen molar-refractivity contribution in [3.05, 3.63) is 36.2 Å². The van der Waals surface area contributed by atoms with E-state index in [0.29, 0.717) is 23.6 Å². The van der Waals surface area contributed by atoms with Crippen LogP contribution in [0.3, 0.4) is 0 Å². The van der Waals surface area contributed by atoms with Crippen LogP contribution in [0.1, 0.15) is 5.69 Å². The molecule has 1 aromatic carbocycles. The number of rotatable bonds is 6. The summed E-state index contributed by atoms with van der Waals surface area (Å²) in [5, 5.41) is -0.184. The highest BCUT2D eigenvalue weighted by Crippen LogP contribution is 2.38. The summed E-state index contributed by atoms with van der Waals surface area (Å²) in [7, 11) is -0.412. The number of pyridine rings is 1. The van der Waals surface area contributed by atoms with Gasteiger partial charge in [-0.25, -0.2) is 4.98 Å². The zero-order valence-electron chi connectivity index (χ0n) is 14.8. The van der Waals surface area contributed by atoms with Crippen LogP contribution in [0.4, 0.5) is 26.3 Å². The second kappa shape index (κ2) is 8.01. The Hall–Kier alpha value is -3.03. The van der Waals surface area contributed by atoms with Crippen LogP contribution in [-0.2, 0) is 16.6 Å². The summed E-state index contributed by atoms with van der Waals surface area (Å²) in [6.45, 7) is 0. The van der Waals surface area contributed by atoms with Gasteiger partial charge in [-0.1, -0.05) is 0 Å². The summed E-state index contributed by atoms with van der Waals surface area (Å²) in [6.07, 6.45) is -9.11. The molecule has 0 spiro atoms. The molecule has 0 aliphatic rings. The minimum Gasteiger partial charge on any atom is -0.497 e. The number of H-pyrrole nitrogens is 1. The predicted molar refractivity (Wildman–Crippen MR) is 90.4 cm³/mol. The van der Waals surface area contributed by atoms with Crippen LogP contribution in [-0.4, -0.2) is 39.0 Å². The van der Waals surface area contributed by atoms with Gasteiger partial charge in [-0.05, 0) is 6.07 Å². The van der Waals surface area contributed by atoms with Crippen LogP contribution >= 0.6 is 0 Å². The first-order valence-electron chi connectivity index (χ1n) is 7.86. The maximum absolute atomic E-state index is 12.5. The highest BCUT2D eigenvalue weighted by atomic mass is 32.2. The molecule has 1 atom stereocenters. The van der Waals surface area contributed by atoms with E-state index >= 15 is 0 Å². The standard InChI is InChI=1S/C16H11F6N3O4S/c1-27-9-2-3-23-8(4-9)7-30(26)14-24-10-5-12(28-15(17,18)19)13(6-11(10)25-14)29-16(20,21)22/h2-6H,7H2,1H3,(H,24,25). The number of nitrogens with zero attached hydrogens (tertiary/aromatic N) is 2. The number of ether oxygens (including phenoxy) is 3. The Bertz CT molecular complexity index is 1030. The molecule has 1 unspecified atom stereocenters. The Labute approximate surface area is 166 Å².